The molecule has 5 nitrogen and oxygen atoms in total. The molecular weight excluding hydrogens is 356 g/mol. The minimum atomic E-state index is -0.529. The Kier molecular flexibility index (Phi) is 4.37. The third kappa shape index (κ3) is 2.29. The molecule has 2 saturated carbocycles. The zero-order valence-electron chi connectivity index (χ0n) is 17.3. The highest BCUT2D eigenvalue weighted by atomic mass is 16.5. The molecule has 1 aliphatic heterocycles. The summed E-state index contributed by atoms with van der Waals surface area (Å²) in [6, 6.07) is 1.49. The third-order valence-corrected chi connectivity index (χ3v) is 8.61. The fraction of sp³-hybridized carbons (Fsp3) is 0.696. The molecule has 1 aromatic rings. The van der Waals surface area contributed by atoms with E-state index in [-0.39, 0.29) is 41.1 Å². The number of aromatic hydroxyl groups is 1. The van der Waals surface area contributed by atoms with Crippen LogP contribution in [0.15, 0.2) is 6.07 Å². The molecule has 0 unspecified atom stereocenters. The van der Waals surface area contributed by atoms with E-state index in [1.807, 2.05) is 0 Å². The largest absolute Gasteiger partial charge is 0.508 e. The summed E-state index contributed by atoms with van der Waals surface area (Å²) >= 11 is 0. The Morgan fingerprint density at radius 3 is 2.61 bits per heavy atom. The monoisotopic (exact) mass is 388 g/mol. The Hall–Kier alpha value is -1.59. The lowest BCUT2D eigenvalue weighted by Gasteiger charge is -2.64. The van der Waals surface area contributed by atoms with E-state index in [4.69, 9.17) is 4.74 Å². The van der Waals surface area contributed by atoms with Gasteiger partial charge in [0, 0.05) is 17.4 Å². The van der Waals surface area contributed by atoms with E-state index in [9.17, 15) is 20.1 Å². The van der Waals surface area contributed by atoms with Crippen LogP contribution in [0.5, 0.6) is 11.5 Å². The van der Waals surface area contributed by atoms with Crippen molar-refractivity contribution in [1.82, 2.24) is 0 Å². The predicted octanol–water partition coefficient (Wildman–Crippen LogP) is 3.60. The molecule has 1 spiro atoms. The van der Waals surface area contributed by atoms with Crippen LogP contribution in [0.3, 0.4) is 0 Å². The summed E-state index contributed by atoms with van der Waals surface area (Å²) in [5.41, 5.74) is 0.492. The second-order valence-electron chi connectivity index (χ2n) is 10.0. The number of phenols is 1. The highest BCUT2D eigenvalue weighted by Crippen LogP contribution is 2.66. The van der Waals surface area contributed by atoms with Crippen molar-refractivity contribution < 1.29 is 24.9 Å². The highest BCUT2D eigenvalue weighted by Gasteiger charge is 2.67. The van der Waals surface area contributed by atoms with Crippen molar-refractivity contribution in [2.45, 2.75) is 78.1 Å². The van der Waals surface area contributed by atoms with Crippen molar-refractivity contribution in [3.8, 4) is 11.5 Å². The molecule has 5 heteroatoms. The number of carbonyl (C=O) groups excluding carboxylic acids is 1. The number of aldehydes is 1. The molecule has 0 aromatic heterocycles. The zero-order valence-corrected chi connectivity index (χ0v) is 17.3. The molecule has 1 heterocycles. The SMILES string of the molecule is C[C@H]1CC[C@@H]2C(C)(C)[C@@H](O)CC[C@@]2(C)[C@]12Cc1c(O)cc(CO)c(C=O)c1O2. The molecule has 0 saturated heterocycles. The number of benzene rings is 1. The summed E-state index contributed by atoms with van der Waals surface area (Å²) in [4.78, 5) is 11.8. The summed E-state index contributed by atoms with van der Waals surface area (Å²) in [6.45, 7) is 8.47. The number of fused-ring (bicyclic) bond motifs is 3. The topological polar surface area (TPSA) is 87.0 Å². The van der Waals surface area contributed by atoms with Gasteiger partial charge in [0.2, 0.25) is 0 Å². The van der Waals surface area contributed by atoms with E-state index in [2.05, 4.69) is 27.7 Å². The van der Waals surface area contributed by atoms with Crippen LogP contribution in [0.1, 0.15) is 74.9 Å². The van der Waals surface area contributed by atoms with Crippen LogP contribution in [0.25, 0.3) is 0 Å². The van der Waals surface area contributed by atoms with Crippen LogP contribution in [-0.2, 0) is 13.0 Å². The van der Waals surface area contributed by atoms with Gasteiger partial charge in [0.1, 0.15) is 17.1 Å². The van der Waals surface area contributed by atoms with Crippen molar-refractivity contribution in [3.63, 3.8) is 0 Å². The van der Waals surface area contributed by atoms with E-state index < -0.39 is 5.60 Å². The van der Waals surface area contributed by atoms with Crippen LogP contribution in [0, 0.1) is 22.7 Å². The smallest absolute Gasteiger partial charge is 0.154 e. The summed E-state index contributed by atoms with van der Waals surface area (Å²) in [6.07, 6.45) is 4.55. The first kappa shape index (κ1) is 19.7. The van der Waals surface area contributed by atoms with Crippen LogP contribution >= 0.6 is 0 Å². The standard InChI is InChI=1S/C23H32O5/c1-13-5-6-18-21(2,3)19(27)7-8-22(18,4)23(13)10-15-17(26)9-14(11-24)16(12-25)20(15)28-23/h9,12-13,18-19,24,26-27H,5-8,10-11H2,1-4H3/t13-,18+,19-,22+,23-/m0/s1. The number of aliphatic hydroxyl groups is 2. The average molecular weight is 389 g/mol. The number of hydrogen-bond donors (Lipinski definition) is 3. The number of ether oxygens (including phenoxy) is 1. The average Bonchev–Trinajstić information content (AvgIpc) is 3.06. The number of hydrogen-bond acceptors (Lipinski definition) is 5. The van der Waals surface area contributed by atoms with Gasteiger partial charge in [0.15, 0.2) is 6.29 Å². The van der Waals surface area contributed by atoms with Gasteiger partial charge in [0.25, 0.3) is 0 Å². The molecule has 28 heavy (non-hydrogen) atoms. The molecule has 0 bridgehead atoms. The summed E-state index contributed by atoms with van der Waals surface area (Å²) in [5, 5.41) is 31.0. The second-order valence-corrected chi connectivity index (χ2v) is 10.0. The van der Waals surface area contributed by atoms with E-state index in [1.165, 1.54) is 6.07 Å². The quantitative estimate of drug-likeness (QED) is 0.674. The molecule has 5 atom stereocenters. The van der Waals surface area contributed by atoms with Crippen molar-refractivity contribution in [1.29, 1.82) is 0 Å². The first-order chi connectivity index (χ1) is 13.1. The summed E-state index contributed by atoms with van der Waals surface area (Å²) in [5.74, 6) is 1.07. The maximum absolute atomic E-state index is 11.8. The van der Waals surface area contributed by atoms with Crippen LogP contribution in [0.4, 0.5) is 0 Å². The van der Waals surface area contributed by atoms with Gasteiger partial charge in [-0.25, -0.2) is 0 Å². The van der Waals surface area contributed by atoms with Crippen molar-refractivity contribution in [2.24, 2.45) is 22.7 Å². The van der Waals surface area contributed by atoms with Gasteiger partial charge in [-0.1, -0.05) is 27.7 Å². The second kappa shape index (κ2) is 6.20. The summed E-state index contributed by atoms with van der Waals surface area (Å²) in [7, 11) is 0. The Morgan fingerprint density at radius 2 is 1.96 bits per heavy atom. The van der Waals surface area contributed by atoms with Gasteiger partial charge < -0.3 is 20.1 Å². The van der Waals surface area contributed by atoms with Gasteiger partial charge in [-0.05, 0) is 54.6 Å². The van der Waals surface area contributed by atoms with Gasteiger partial charge in [-0.2, -0.15) is 0 Å². The Labute approximate surface area is 166 Å². The lowest BCUT2D eigenvalue weighted by atomic mass is 9.43. The van der Waals surface area contributed by atoms with Crippen LogP contribution in [0.2, 0.25) is 0 Å². The molecule has 0 amide bonds. The Bertz CT molecular complexity index is 816. The van der Waals surface area contributed by atoms with Gasteiger partial charge in [-0.15, -0.1) is 0 Å². The maximum Gasteiger partial charge on any atom is 0.154 e. The van der Waals surface area contributed by atoms with Crippen LogP contribution in [-0.4, -0.2) is 33.3 Å². The highest BCUT2D eigenvalue weighted by molar-refractivity contribution is 5.84. The third-order valence-electron chi connectivity index (χ3n) is 8.61. The lowest BCUT2D eigenvalue weighted by Crippen LogP contribution is -2.66. The predicted molar refractivity (Wildman–Crippen MR) is 105 cm³/mol. The fourth-order valence-corrected chi connectivity index (χ4v) is 6.82. The first-order valence-corrected chi connectivity index (χ1v) is 10.4. The minimum absolute atomic E-state index is 0.0922. The Morgan fingerprint density at radius 1 is 1.25 bits per heavy atom. The first-order valence-electron chi connectivity index (χ1n) is 10.4. The molecular formula is C23H32O5. The van der Waals surface area contributed by atoms with Crippen molar-refractivity contribution >= 4 is 6.29 Å². The van der Waals surface area contributed by atoms with Gasteiger partial charge in [-0.3, -0.25) is 4.79 Å². The van der Waals surface area contributed by atoms with E-state index >= 15 is 0 Å². The van der Waals surface area contributed by atoms with Crippen LogP contribution < -0.4 is 4.74 Å². The molecule has 1 aromatic carbocycles. The molecule has 3 N–H and O–H groups in total. The van der Waals surface area contributed by atoms with E-state index in [0.717, 1.165) is 32.0 Å². The minimum Gasteiger partial charge on any atom is -0.508 e. The number of phenolic OH excluding ortho intramolecular Hbond substituents is 1. The van der Waals surface area contributed by atoms with Crippen molar-refractivity contribution in [3.05, 3.63) is 22.8 Å². The molecule has 0 radical (unpaired) electrons. The Balaban J connectivity index is 1.87. The molecule has 2 fully saturated rings. The fourth-order valence-electron chi connectivity index (χ4n) is 6.82. The molecule has 2 aliphatic carbocycles. The normalized spacial score (nSPS) is 38.6. The number of aliphatic hydroxyl groups excluding tert-OH is 2. The van der Waals surface area contributed by atoms with Gasteiger partial charge in [0.05, 0.1) is 18.3 Å². The van der Waals surface area contributed by atoms with E-state index in [1.54, 1.807) is 0 Å². The number of carbonyl (C=O) groups is 1. The maximum atomic E-state index is 11.8. The summed E-state index contributed by atoms with van der Waals surface area (Å²) < 4.78 is 6.71. The lowest BCUT2D eigenvalue weighted by molar-refractivity contribution is -0.210. The molecule has 3 aliphatic rings. The molecule has 4 rings (SSSR count). The van der Waals surface area contributed by atoms with Gasteiger partial charge >= 0.3 is 0 Å². The van der Waals surface area contributed by atoms with Crippen molar-refractivity contribution in [2.75, 3.05) is 0 Å². The molecule has 154 valence electrons. The number of rotatable bonds is 2. The zero-order chi connectivity index (χ0) is 20.5. The van der Waals surface area contributed by atoms with E-state index in [0.29, 0.717) is 28.9 Å².